The van der Waals surface area contributed by atoms with Crippen LogP contribution in [-0.2, 0) is 0 Å². The molecule has 0 radical (unpaired) electrons. The van der Waals surface area contributed by atoms with Crippen molar-refractivity contribution >= 4 is 11.6 Å². The molecule has 3 rings (SSSR count). The summed E-state index contributed by atoms with van der Waals surface area (Å²) in [6.45, 7) is 3.72. The van der Waals surface area contributed by atoms with Crippen molar-refractivity contribution in [1.29, 1.82) is 0 Å². The number of nitrogens with zero attached hydrogens (tertiary/aromatic N) is 3. The fraction of sp³-hybridized carbons (Fsp3) is 0.308. The third-order valence-electron chi connectivity index (χ3n) is 3.40. The summed E-state index contributed by atoms with van der Waals surface area (Å²) in [5.41, 5.74) is 7.94. The maximum Gasteiger partial charge on any atom is 0.271 e. The molecular weight excluding hydrogens is 256 g/mol. The number of amides is 1. The van der Waals surface area contributed by atoms with E-state index in [-0.39, 0.29) is 5.69 Å². The minimum absolute atomic E-state index is 0.174. The summed E-state index contributed by atoms with van der Waals surface area (Å²) in [6, 6.07) is 7.85. The number of anilines is 1. The highest BCUT2D eigenvalue weighted by atomic mass is 16.1. The second-order valence-corrected chi connectivity index (χ2v) is 4.64. The SMILES string of the molecule is NC(=O)c1n[nH]nc1-c1ccccc1N1CCNCC1. The normalized spacial score (nSPS) is 15.3. The molecule has 4 N–H and O–H groups in total. The van der Waals surface area contributed by atoms with Crippen molar-refractivity contribution in [1.82, 2.24) is 20.7 Å². The maximum atomic E-state index is 11.4. The van der Waals surface area contributed by atoms with Gasteiger partial charge in [-0.15, -0.1) is 0 Å². The van der Waals surface area contributed by atoms with Crippen LogP contribution in [0.1, 0.15) is 10.5 Å². The monoisotopic (exact) mass is 272 g/mol. The van der Waals surface area contributed by atoms with Crippen LogP contribution in [0, 0.1) is 0 Å². The molecular formula is C13H16N6O. The van der Waals surface area contributed by atoms with E-state index in [4.69, 9.17) is 5.73 Å². The molecule has 2 aromatic rings. The van der Waals surface area contributed by atoms with Gasteiger partial charge in [-0.25, -0.2) is 0 Å². The molecule has 1 amide bonds. The van der Waals surface area contributed by atoms with E-state index >= 15 is 0 Å². The van der Waals surface area contributed by atoms with Gasteiger partial charge in [-0.1, -0.05) is 18.2 Å². The molecule has 1 aromatic carbocycles. The molecule has 0 unspecified atom stereocenters. The molecule has 1 aliphatic heterocycles. The van der Waals surface area contributed by atoms with Crippen molar-refractivity contribution < 1.29 is 4.79 Å². The number of piperazine rings is 1. The fourth-order valence-electron chi connectivity index (χ4n) is 2.45. The standard InChI is InChI=1S/C13H16N6O/c14-13(20)12-11(16-18-17-12)9-3-1-2-4-10(9)19-7-5-15-6-8-19/h1-4,15H,5-8H2,(H2,14,20)(H,16,17,18). The molecule has 2 heterocycles. The minimum atomic E-state index is -0.580. The number of H-pyrrole nitrogens is 1. The van der Waals surface area contributed by atoms with Crippen LogP contribution in [0.15, 0.2) is 24.3 Å². The Bertz CT molecular complexity index is 617. The van der Waals surface area contributed by atoms with E-state index in [9.17, 15) is 4.79 Å². The van der Waals surface area contributed by atoms with E-state index in [0.29, 0.717) is 5.69 Å². The van der Waals surface area contributed by atoms with E-state index in [2.05, 4.69) is 25.6 Å². The van der Waals surface area contributed by atoms with E-state index in [1.165, 1.54) is 0 Å². The number of nitrogens with one attached hydrogen (secondary N) is 2. The first-order valence-electron chi connectivity index (χ1n) is 6.53. The minimum Gasteiger partial charge on any atom is -0.368 e. The Kier molecular flexibility index (Phi) is 3.34. The molecule has 1 fully saturated rings. The summed E-state index contributed by atoms with van der Waals surface area (Å²) in [6.07, 6.45) is 0. The van der Waals surface area contributed by atoms with Gasteiger partial charge in [0.25, 0.3) is 5.91 Å². The molecule has 0 spiro atoms. The first-order valence-corrected chi connectivity index (χ1v) is 6.53. The second-order valence-electron chi connectivity index (χ2n) is 4.64. The van der Waals surface area contributed by atoms with Crippen LogP contribution >= 0.6 is 0 Å². The first kappa shape index (κ1) is 12.6. The number of benzene rings is 1. The summed E-state index contributed by atoms with van der Waals surface area (Å²) in [5.74, 6) is -0.580. The highest BCUT2D eigenvalue weighted by molar-refractivity contribution is 5.98. The first-order chi connectivity index (χ1) is 9.77. The van der Waals surface area contributed by atoms with Crippen molar-refractivity contribution in [2.45, 2.75) is 0 Å². The van der Waals surface area contributed by atoms with Gasteiger partial charge in [0.1, 0.15) is 5.69 Å². The lowest BCUT2D eigenvalue weighted by Gasteiger charge is -2.30. The number of primary amides is 1. The average Bonchev–Trinajstić information content (AvgIpc) is 2.98. The summed E-state index contributed by atoms with van der Waals surface area (Å²) in [4.78, 5) is 13.7. The summed E-state index contributed by atoms with van der Waals surface area (Å²) in [5, 5.41) is 13.7. The van der Waals surface area contributed by atoms with E-state index in [0.717, 1.165) is 37.4 Å². The lowest BCUT2D eigenvalue weighted by atomic mass is 10.1. The smallest absolute Gasteiger partial charge is 0.271 e. The molecule has 20 heavy (non-hydrogen) atoms. The van der Waals surface area contributed by atoms with Gasteiger partial charge in [-0.05, 0) is 6.07 Å². The van der Waals surface area contributed by atoms with Crippen molar-refractivity contribution in [2.24, 2.45) is 5.73 Å². The van der Waals surface area contributed by atoms with Gasteiger partial charge in [-0.3, -0.25) is 4.79 Å². The molecule has 0 bridgehead atoms. The molecule has 1 aromatic heterocycles. The maximum absolute atomic E-state index is 11.4. The van der Waals surface area contributed by atoms with Gasteiger partial charge in [0.2, 0.25) is 0 Å². The Labute approximate surface area is 116 Å². The van der Waals surface area contributed by atoms with Gasteiger partial charge in [-0.2, -0.15) is 15.4 Å². The van der Waals surface area contributed by atoms with Gasteiger partial charge < -0.3 is 16.0 Å². The highest BCUT2D eigenvalue weighted by Crippen LogP contribution is 2.30. The number of para-hydroxylation sites is 1. The number of aromatic nitrogens is 3. The van der Waals surface area contributed by atoms with Crippen molar-refractivity contribution in [2.75, 3.05) is 31.1 Å². The van der Waals surface area contributed by atoms with Crippen LogP contribution in [0.3, 0.4) is 0 Å². The zero-order valence-corrected chi connectivity index (χ0v) is 11.0. The van der Waals surface area contributed by atoms with Gasteiger partial charge in [0.15, 0.2) is 5.69 Å². The number of carbonyl (C=O) groups is 1. The molecule has 1 aliphatic rings. The topological polar surface area (TPSA) is 99.9 Å². The Morgan fingerprint density at radius 3 is 2.70 bits per heavy atom. The summed E-state index contributed by atoms with van der Waals surface area (Å²) < 4.78 is 0. The van der Waals surface area contributed by atoms with Crippen molar-refractivity contribution in [3.8, 4) is 11.3 Å². The fourth-order valence-corrected chi connectivity index (χ4v) is 2.45. The number of aromatic amines is 1. The van der Waals surface area contributed by atoms with E-state index in [1.54, 1.807) is 0 Å². The highest BCUT2D eigenvalue weighted by Gasteiger charge is 2.21. The second kappa shape index (κ2) is 5.30. The van der Waals surface area contributed by atoms with Crippen LogP contribution in [0.25, 0.3) is 11.3 Å². The third kappa shape index (κ3) is 2.23. The molecule has 0 aliphatic carbocycles. The van der Waals surface area contributed by atoms with Crippen molar-refractivity contribution in [3.63, 3.8) is 0 Å². The molecule has 7 nitrogen and oxygen atoms in total. The number of rotatable bonds is 3. The number of carbonyl (C=O) groups excluding carboxylic acids is 1. The van der Waals surface area contributed by atoms with Gasteiger partial charge in [0, 0.05) is 37.4 Å². The van der Waals surface area contributed by atoms with Crippen LogP contribution in [0.4, 0.5) is 5.69 Å². The van der Waals surface area contributed by atoms with Gasteiger partial charge in [0.05, 0.1) is 0 Å². The van der Waals surface area contributed by atoms with Crippen LogP contribution in [0.2, 0.25) is 0 Å². The van der Waals surface area contributed by atoms with E-state index < -0.39 is 5.91 Å². The van der Waals surface area contributed by atoms with Crippen LogP contribution in [-0.4, -0.2) is 47.5 Å². The third-order valence-corrected chi connectivity index (χ3v) is 3.40. The zero-order valence-electron chi connectivity index (χ0n) is 11.0. The Morgan fingerprint density at radius 2 is 1.95 bits per heavy atom. The lowest BCUT2D eigenvalue weighted by Crippen LogP contribution is -2.43. The van der Waals surface area contributed by atoms with Crippen LogP contribution < -0.4 is 16.0 Å². The predicted molar refractivity (Wildman–Crippen MR) is 75.4 cm³/mol. The molecule has 0 atom stereocenters. The Balaban J connectivity index is 2.05. The average molecular weight is 272 g/mol. The summed E-state index contributed by atoms with van der Waals surface area (Å²) in [7, 11) is 0. The molecule has 104 valence electrons. The van der Waals surface area contributed by atoms with Crippen LogP contribution in [0.5, 0.6) is 0 Å². The Hall–Kier alpha value is -2.41. The zero-order chi connectivity index (χ0) is 13.9. The Morgan fingerprint density at radius 1 is 1.20 bits per heavy atom. The lowest BCUT2D eigenvalue weighted by molar-refractivity contribution is 0.0996. The largest absolute Gasteiger partial charge is 0.368 e. The number of hydrogen-bond acceptors (Lipinski definition) is 5. The number of nitrogens with two attached hydrogens (primary N) is 1. The molecule has 1 saturated heterocycles. The van der Waals surface area contributed by atoms with Crippen molar-refractivity contribution in [3.05, 3.63) is 30.0 Å². The number of hydrogen-bond donors (Lipinski definition) is 3. The summed E-state index contributed by atoms with van der Waals surface area (Å²) >= 11 is 0. The molecule has 0 saturated carbocycles. The predicted octanol–water partition coefficient (Wildman–Crippen LogP) is -0.0198. The quantitative estimate of drug-likeness (QED) is 0.729. The molecule has 7 heteroatoms. The van der Waals surface area contributed by atoms with Gasteiger partial charge >= 0.3 is 0 Å². The van der Waals surface area contributed by atoms with E-state index in [1.807, 2.05) is 24.3 Å².